The maximum absolute atomic E-state index is 12.9. The zero-order chi connectivity index (χ0) is 12.7. The van der Waals surface area contributed by atoms with Crippen molar-refractivity contribution in [2.24, 2.45) is 0 Å². The molecule has 3 heteroatoms. The highest BCUT2D eigenvalue weighted by Crippen LogP contribution is 2.02. The average Bonchev–Trinajstić information content (AvgIpc) is 2.22. The van der Waals surface area contributed by atoms with Gasteiger partial charge in [-0.2, -0.15) is 0 Å². The predicted molar refractivity (Wildman–Crippen MR) is 70.5 cm³/mol. The Hall–Kier alpha value is -0.930. The van der Waals surface area contributed by atoms with Gasteiger partial charge in [-0.15, -0.1) is 0 Å². The smallest absolute Gasteiger partial charge is 0.123 e. The van der Waals surface area contributed by atoms with E-state index in [1.54, 1.807) is 12.1 Å². The molecule has 0 fully saturated rings. The van der Waals surface area contributed by atoms with Crippen molar-refractivity contribution in [1.29, 1.82) is 0 Å². The van der Waals surface area contributed by atoms with Crippen LogP contribution in [0, 0.1) is 5.82 Å². The fourth-order valence-corrected chi connectivity index (χ4v) is 1.56. The van der Waals surface area contributed by atoms with Crippen molar-refractivity contribution < 1.29 is 4.39 Å². The molecule has 0 aliphatic rings. The van der Waals surface area contributed by atoms with Gasteiger partial charge < -0.3 is 10.6 Å². The lowest BCUT2D eigenvalue weighted by molar-refractivity contribution is 0.418. The Morgan fingerprint density at radius 2 is 1.94 bits per heavy atom. The second-order valence-corrected chi connectivity index (χ2v) is 5.34. The molecule has 96 valence electrons. The summed E-state index contributed by atoms with van der Waals surface area (Å²) in [5.41, 5.74) is 1.18. The number of benzene rings is 1. The topological polar surface area (TPSA) is 24.1 Å². The van der Waals surface area contributed by atoms with Gasteiger partial charge in [0.15, 0.2) is 0 Å². The molecule has 0 heterocycles. The van der Waals surface area contributed by atoms with E-state index in [1.807, 2.05) is 6.07 Å². The van der Waals surface area contributed by atoms with Crippen LogP contribution in [0.25, 0.3) is 0 Å². The van der Waals surface area contributed by atoms with Crippen LogP contribution in [0.15, 0.2) is 24.3 Å². The zero-order valence-corrected chi connectivity index (χ0v) is 11.0. The van der Waals surface area contributed by atoms with Gasteiger partial charge in [-0.25, -0.2) is 4.39 Å². The highest BCUT2D eigenvalue weighted by atomic mass is 19.1. The number of nitrogens with one attached hydrogen (secondary N) is 2. The monoisotopic (exact) mass is 238 g/mol. The molecule has 1 rings (SSSR count). The highest BCUT2D eigenvalue weighted by molar-refractivity contribution is 5.15. The second kappa shape index (κ2) is 6.72. The molecule has 2 N–H and O–H groups in total. The van der Waals surface area contributed by atoms with E-state index in [-0.39, 0.29) is 11.4 Å². The molecule has 0 saturated carbocycles. The number of halogens is 1. The fourth-order valence-electron chi connectivity index (χ4n) is 1.56. The number of hydrogen-bond acceptors (Lipinski definition) is 2. The van der Waals surface area contributed by atoms with Crippen LogP contribution in [0.4, 0.5) is 4.39 Å². The Morgan fingerprint density at radius 1 is 1.18 bits per heavy atom. The predicted octanol–water partition coefficient (Wildman–Crippen LogP) is 2.69. The first-order valence-electron chi connectivity index (χ1n) is 6.17. The van der Waals surface area contributed by atoms with Gasteiger partial charge in [-0.05, 0) is 58.0 Å². The summed E-state index contributed by atoms with van der Waals surface area (Å²) in [5, 5.41) is 6.74. The number of rotatable bonds is 6. The largest absolute Gasteiger partial charge is 0.313 e. The Morgan fingerprint density at radius 3 is 2.59 bits per heavy atom. The van der Waals surface area contributed by atoms with E-state index < -0.39 is 0 Å². The van der Waals surface area contributed by atoms with Gasteiger partial charge >= 0.3 is 0 Å². The molecule has 1 aromatic carbocycles. The van der Waals surface area contributed by atoms with Crippen LogP contribution in [0.3, 0.4) is 0 Å². The SMILES string of the molecule is CC(C)(C)NCCCNCc1cccc(F)c1. The van der Waals surface area contributed by atoms with Gasteiger partial charge in [-0.3, -0.25) is 0 Å². The van der Waals surface area contributed by atoms with Gasteiger partial charge in [0.2, 0.25) is 0 Å². The van der Waals surface area contributed by atoms with E-state index in [2.05, 4.69) is 31.4 Å². The van der Waals surface area contributed by atoms with Crippen molar-refractivity contribution in [3.05, 3.63) is 35.6 Å². The molecule has 0 aliphatic carbocycles. The third-order valence-corrected chi connectivity index (χ3v) is 2.40. The lowest BCUT2D eigenvalue weighted by atomic mass is 10.1. The summed E-state index contributed by atoms with van der Waals surface area (Å²) in [6.07, 6.45) is 1.08. The summed E-state index contributed by atoms with van der Waals surface area (Å²) in [5.74, 6) is -0.168. The van der Waals surface area contributed by atoms with Gasteiger partial charge in [0, 0.05) is 12.1 Å². The third-order valence-electron chi connectivity index (χ3n) is 2.40. The van der Waals surface area contributed by atoms with Gasteiger partial charge in [-0.1, -0.05) is 12.1 Å². The summed E-state index contributed by atoms with van der Waals surface area (Å²) >= 11 is 0. The minimum Gasteiger partial charge on any atom is -0.313 e. The van der Waals surface area contributed by atoms with Crippen LogP contribution in [-0.2, 0) is 6.54 Å². The standard InChI is InChI=1S/C14H23FN2/c1-14(2,3)17-9-5-8-16-11-12-6-4-7-13(15)10-12/h4,6-7,10,16-17H,5,8-9,11H2,1-3H3. The second-order valence-electron chi connectivity index (χ2n) is 5.34. The Balaban J connectivity index is 2.09. The molecule has 0 unspecified atom stereocenters. The van der Waals surface area contributed by atoms with Crippen LogP contribution in [0.1, 0.15) is 32.8 Å². The van der Waals surface area contributed by atoms with E-state index in [4.69, 9.17) is 0 Å². The fraction of sp³-hybridized carbons (Fsp3) is 0.571. The van der Waals surface area contributed by atoms with E-state index >= 15 is 0 Å². The highest BCUT2D eigenvalue weighted by Gasteiger charge is 2.06. The van der Waals surface area contributed by atoms with Crippen molar-refractivity contribution >= 4 is 0 Å². The number of hydrogen-bond donors (Lipinski definition) is 2. The van der Waals surface area contributed by atoms with Crippen molar-refractivity contribution in [3.8, 4) is 0 Å². The molecule has 0 aromatic heterocycles. The van der Waals surface area contributed by atoms with Crippen molar-refractivity contribution in [2.75, 3.05) is 13.1 Å². The van der Waals surface area contributed by atoms with E-state index in [1.165, 1.54) is 6.07 Å². The molecule has 1 aromatic rings. The molecular formula is C14H23FN2. The Bertz CT molecular complexity index is 331. The Labute approximate surface area is 104 Å². The Kier molecular flexibility index (Phi) is 5.59. The van der Waals surface area contributed by atoms with Gasteiger partial charge in [0.25, 0.3) is 0 Å². The van der Waals surface area contributed by atoms with Crippen LogP contribution in [0.5, 0.6) is 0 Å². The lowest BCUT2D eigenvalue weighted by Crippen LogP contribution is -2.37. The normalized spacial score (nSPS) is 11.8. The summed E-state index contributed by atoms with van der Waals surface area (Å²) in [7, 11) is 0. The molecule has 0 radical (unpaired) electrons. The van der Waals surface area contributed by atoms with Crippen LogP contribution in [-0.4, -0.2) is 18.6 Å². The van der Waals surface area contributed by atoms with Gasteiger partial charge in [0.05, 0.1) is 0 Å². The lowest BCUT2D eigenvalue weighted by Gasteiger charge is -2.20. The van der Waals surface area contributed by atoms with Crippen molar-refractivity contribution in [1.82, 2.24) is 10.6 Å². The maximum Gasteiger partial charge on any atom is 0.123 e. The molecule has 0 amide bonds. The summed E-state index contributed by atoms with van der Waals surface area (Å²) in [6, 6.07) is 6.72. The molecule has 0 spiro atoms. The summed E-state index contributed by atoms with van der Waals surface area (Å²) in [4.78, 5) is 0. The summed E-state index contributed by atoms with van der Waals surface area (Å²) < 4.78 is 12.9. The summed E-state index contributed by atoms with van der Waals surface area (Å²) in [6.45, 7) is 9.15. The molecule has 17 heavy (non-hydrogen) atoms. The van der Waals surface area contributed by atoms with E-state index in [9.17, 15) is 4.39 Å². The first-order chi connectivity index (χ1) is 7.97. The van der Waals surface area contributed by atoms with Crippen LogP contribution < -0.4 is 10.6 Å². The molecule has 0 aliphatic heterocycles. The quantitative estimate of drug-likeness (QED) is 0.745. The molecule has 0 saturated heterocycles. The van der Waals surface area contributed by atoms with Crippen LogP contribution in [0.2, 0.25) is 0 Å². The average molecular weight is 238 g/mol. The zero-order valence-electron chi connectivity index (χ0n) is 11.0. The van der Waals surface area contributed by atoms with Crippen molar-refractivity contribution in [3.63, 3.8) is 0 Å². The van der Waals surface area contributed by atoms with Crippen LogP contribution >= 0.6 is 0 Å². The minimum absolute atomic E-state index is 0.168. The van der Waals surface area contributed by atoms with E-state index in [0.29, 0.717) is 0 Å². The first kappa shape index (κ1) is 14.1. The maximum atomic E-state index is 12.9. The first-order valence-corrected chi connectivity index (χ1v) is 6.17. The minimum atomic E-state index is -0.168. The molecular weight excluding hydrogens is 215 g/mol. The third kappa shape index (κ3) is 7.08. The van der Waals surface area contributed by atoms with Crippen molar-refractivity contribution in [2.45, 2.75) is 39.3 Å². The van der Waals surface area contributed by atoms with Gasteiger partial charge in [0.1, 0.15) is 5.82 Å². The molecule has 0 bridgehead atoms. The van der Waals surface area contributed by atoms with E-state index in [0.717, 1.165) is 31.6 Å². The molecule has 2 nitrogen and oxygen atoms in total. The molecule has 0 atom stereocenters.